The third-order valence-electron chi connectivity index (χ3n) is 5.81. The number of carbonyl (C=O) groups excluding carboxylic acids is 1. The predicted molar refractivity (Wildman–Crippen MR) is 110 cm³/mol. The lowest BCUT2D eigenvalue weighted by Gasteiger charge is -2.40. The SMILES string of the molecule is COc1cccc(Nc2ccc3c(n2)C(C)(C(=O)NC2CCC2)CN(C)C3)c1. The summed E-state index contributed by atoms with van der Waals surface area (Å²) < 4.78 is 5.29. The van der Waals surface area contributed by atoms with Gasteiger partial charge >= 0.3 is 0 Å². The standard InChI is InChI=1S/C22H28N4O2/c1-22(21(27)24-16-6-4-7-16)14-26(2)13-15-10-11-19(25-20(15)22)23-17-8-5-9-18(12-17)28-3/h5,8-12,16H,4,6-7,13-14H2,1-3H3,(H,23,25)(H,24,27). The van der Waals surface area contributed by atoms with Crippen molar-refractivity contribution in [2.75, 3.05) is 26.0 Å². The lowest BCUT2D eigenvalue weighted by molar-refractivity contribution is -0.128. The topological polar surface area (TPSA) is 66.5 Å². The number of amides is 1. The summed E-state index contributed by atoms with van der Waals surface area (Å²) in [4.78, 5) is 20.2. The fourth-order valence-electron chi connectivity index (χ4n) is 4.05. The van der Waals surface area contributed by atoms with Gasteiger partial charge in [0, 0.05) is 30.9 Å². The molecule has 148 valence electrons. The first-order chi connectivity index (χ1) is 13.5. The normalized spacial score (nSPS) is 22.1. The minimum atomic E-state index is -0.663. The van der Waals surface area contributed by atoms with E-state index in [1.54, 1.807) is 7.11 Å². The highest BCUT2D eigenvalue weighted by Gasteiger charge is 2.43. The van der Waals surface area contributed by atoms with E-state index < -0.39 is 5.41 Å². The molecule has 2 heterocycles. The first-order valence-corrected chi connectivity index (χ1v) is 9.89. The largest absolute Gasteiger partial charge is 0.497 e. The molecule has 2 N–H and O–H groups in total. The van der Waals surface area contributed by atoms with Crippen LogP contribution in [0.3, 0.4) is 0 Å². The Labute approximate surface area is 166 Å². The summed E-state index contributed by atoms with van der Waals surface area (Å²) >= 11 is 0. The lowest BCUT2D eigenvalue weighted by Crippen LogP contribution is -2.55. The van der Waals surface area contributed by atoms with Crippen molar-refractivity contribution in [3.63, 3.8) is 0 Å². The number of aromatic nitrogens is 1. The van der Waals surface area contributed by atoms with Gasteiger partial charge in [-0.15, -0.1) is 0 Å². The molecule has 2 aliphatic rings. The van der Waals surface area contributed by atoms with Crippen LogP contribution in [0, 0.1) is 0 Å². The molecule has 1 aromatic heterocycles. The van der Waals surface area contributed by atoms with Crippen molar-refractivity contribution in [2.45, 2.75) is 44.2 Å². The summed E-state index contributed by atoms with van der Waals surface area (Å²) in [6.07, 6.45) is 3.36. The van der Waals surface area contributed by atoms with E-state index in [4.69, 9.17) is 9.72 Å². The van der Waals surface area contributed by atoms with Crippen LogP contribution in [0.5, 0.6) is 5.75 Å². The molecular weight excluding hydrogens is 352 g/mol. The van der Waals surface area contributed by atoms with Crippen LogP contribution in [0.2, 0.25) is 0 Å². The monoisotopic (exact) mass is 380 g/mol. The Morgan fingerprint density at radius 3 is 2.82 bits per heavy atom. The van der Waals surface area contributed by atoms with Crippen molar-refractivity contribution in [3.05, 3.63) is 47.7 Å². The first kappa shape index (κ1) is 18.7. The molecule has 1 amide bonds. The molecule has 1 fully saturated rings. The molecular formula is C22H28N4O2. The van der Waals surface area contributed by atoms with E-state index >= 15 is 0 Å². The van der Waals surface area contributed by atoms with E-state index in [1.165, 1.54) is 6.42 Å². The molecule has 6 nitrogen and oxygen atoms in total. The third-order valence-corrected chi connectivity index (χ3v) is 5.81. The number of hydrogen-bond donors (Lipinski definition) is 2. The van der Waals surface area contributed by atoms with Crippen molar-refractivity contribution in [2.24, 2.45) is 0 Å². The molecule has 0 saturated heterocycles. The van der Waals surface area contributed by atoms with Gasteiger partial charge in [-0.05, 0) is 57.0 Å². The smallest absolute Gasteiger partial charge is 0.233 e. The van der Waals surface area contributed by atoms with Crippen LogP contribution < -0.4 is 15.4 Å². The zero-order valence-electron chi connectivity index (χ0n) is 16.8. The summed E-state index contributed by atoms with van der Waals surface area (Å²) in [6.45, 7) is 3.47. The number of rotatable bonds is 5. The van der Waals surface area contributed by atoms with Crippen molar-refractivity contribution in [1.82, 2.24) is 15.2 Å². The van der Waals surface area contributed by atoms with E-state index in [-0.39, 0.29) is 5.91 Å². The van der Waals surface area contributed by atoms with Gasteiger partial charge in [-0.3, -0.25) is 4.79 Å². The van der Waals surface area contributed by atoms with Crippen LogP contribution in [-0.4, -0.2) is 42.5 Å². The van der Waals surface area contributed by atoms with E-state index in [0.717, 1.165) is 47.9 Å². The number of carbonyl (C=O) groups is 1. The molecule has 28 heavy (non-hydrogen) atoms. The number of methoxy groups -OCH3 is 1. The fourth-order valence-corrected chi connectivity index (χ4v) is 4.05. The van der Waals surface area contributed by atoms with Gasteiger partial charge in [0.25, 0.3) is 0 Å². The number of nitrogens with zero attached hydrogens (tertiary/aromatic N) is 2. The highest BCUT2D eigenvalue weighted by atomic mass is 16.5. The molecule has 1 aliphatic carbocycles. The third kappa shape index (κ3) is 3.56. The number of benzene rings is 1. The van der Waals surface area contributed by atoms with E-state index in [2.05, 4.69) is 28.6 Å². The number of fused-ring (bicyclic) bond motifs is 1. The van der Waals surface area contributed by atoms with Crippen LogP contribution in [0.4, 0.5) is 11.5 Å². The molecule has 4 rings (SSSR count). The Bertz CT molecular complexity index is 881. The highest BCUT2D eigenvalue weighted by molar-refractivity contribution is 5.88. The maximum Gasteiger partial charge on any atom is 0.233 e. The van der Waals surface area contributed by atoms with Gasteiger partial charge in [-0.2, -0.15) is 0 Å². The molecule has 0 bridgehead atoms. The van der Waals surface area contributed by atoms with Crippen LogP contribution in [-0.2, 0) is 16.8 Å². The number of anilines is 2. The molecule has 2 aromatic rings. The average molecular weight is 380 g/mol. The zero-order valence-corrected chi connectivity index (χ0v) is 16.8. The maximum atomic E-state index is 13.2. The van der Waals surface area contributed by atoms with Gasteiger partial charge in [0.2, 0.25) is 5.91 Å². The fraction of sp³-hybridized carbons (Fsp3) is 0.455. The van der Waals surface area contributed by atoms with Gasteiger partial charge in [0.15, 0.2) is 0 Å². The van der Waals surface area contributed by atoms with Gasteiger partial charge in [0.1, 0.15) is 17.0 Å². The van der Waals surface area contributed by atoms with Gasteiger partial charge in [-0.1, -0.05) is 12.1 Å². The minimum absolute atomic E-state index is 0.0797. The first-order valence-electron chi connectivity index (χ1n) is 9.89. The maximum absolute atomic E-state index is 13.2. The summed E-state index contributed by atoms with van der Waals surface area (Å²) in [6, 6.07) is 12.1. The molecule has 1 unspecified atom stereocenters. The average Bonchev–Trinajstić information content (AvgIpc) is 2.65. The van der Waals surface area contributed by atoms with Gasteiger partial charge in [0.05, 0.1) is 12.8 Å². The summed E-state index contributed by atoms with van der Waals surface area (Å²) in [5.74, 6) is 1.60. The molecule has 1 atom stereocenters. The summed E-state index contributed by atoms with van der Waals surface area (Å²) in [5.41, 5.74) is 2.22. The molecule has 1 aromatic carbocycles. The van der Waals surface area contributed by atoms with Crippen molar-refractivity contribution in [3.8, 4) is 5.75 Å². The van der Waals surface area contributed by atoms with Gasteiger partial charge < -0.3 is 20.3 Å². The number of likely N-dealkylation sites (N-methyl/N-ethyl adjacent to an activating group) is 1. The highest BCUT2D eigenvalue weighted by Crippen LogP contribution is 2.34. The summed E-state index contributed by atoms with van der Waals surface area (Å²) in [5, 5.41) is 6.57. The Morgan fingerprint density at radius 1 is 1.29 bits per heavy atom. The Balaban J connectivity index is 1.63. The zero-order chi connectivity index (χ0) is 19.7. The van der Waals surface area contributed by atoms with E-state index in [9.17, 15) is 4.79 Å². The second-order valence-corrected chi connectivity index (χ2v) is 8.17. The van der Waals surface area contributed by atoms with Gasteiger partial charge in [-0.25, -0.2) is 4.98 Å². The second-order valence-electron chi connectivity index (χ2n) is 8.17. The predicted octanol–water partition coefficient (Wildman–Crippen LogP) is 3.21. The number of pyridine rings is 1. The minimum Gasteiger partial charge on any atom is -0.497 e. The number of nitrogens with one attached hydrogen (secondary N) is 2. The van der Waals surface area contributed by atoms with Crippen LogP contribution >= 0.6 is 0 Å². The van der Waals surface area contributed by atoms with Crippen LogP contribution in [0.1, 0.15) is 37.4 Å². The molecule has 6 heteroatoms. The van der Waals surface area contributed by atoms with E-state index in [1.807, 2.05) is 37.3 Å². The second kappa shape index (κ2) is 7.43. The Morgan fingerprint density at radius 2 is 2.11 bits per heavy atom. The Kier molecular flexibility index (Phi) is 4.98. The van der Waals surface area contributed by atoms with Crippen molar-refractivity contribution >= 4 is 17.4 Å². The van der Waals surface area contributed by atoms with Crippen molar-refractivity contribution < 1.29 is 9.53 Å². The lowest BCUT2D eigenvalue weighted by atomic mass is 9.78. The summed E-state index contributed by atoms with van der Waals surface area (Å²) in [7, 11) is 3.71. The number of hydrogen-bond acceptors (Lipinski definition) is 5. The quantitative estimate of drug-likeness (QED) is 0.834. The Hall–Kier alpha value is -2.60. The van der Waals surface area contributed by atoms with Crippen molar-refractivity contribution in [1.29, 1.82) is 0 Å². The van der Waals surface area contributed by atoms with Crippen LogP contribution in [0.15, 0.2) is 36.4 Å². The molecule has 0 spiro atoms. The molecule has 0 radical (unpaired) electrons. The van der Waals surface area contributed by atoms with Crippen LogP contribution in [0.25, 0.3) is 0 Å². The number of ether oxygens (including phenoxy) is 1. The van der Waals surface area contributed by atoms with E-state index in [0.29, 0.717) is 12.6 Å². The molecule has 1 aliphatic heterocycles. The molecule has 1 saturated carbocycles.